The third kappa shape index (κ3) is 4.77. The van der Waals surface area contributed by atoms with Gasteiger partial charge in [0.15, 0.2) is 5.78 Å². The molecule has 0 radical (unpaired) electrons. The number of likely N-dealkylation sites (tertiary alicyclic amines) is 1. The highest BCUT2D eigenvalue weighted by Gasteiger charge is 2.31. The van der Waals surface area contributed by atoms with Crippen molar-refractivity contribution in [1.82, 2.24) is 4.90 Å². The van der Waals surface area contributed by atoms with Crippen molar-refractivity contribution < 1.29 is 18.7 Å². The SMILES string of the molecule is CC(C)(C)OC(=O)N1CCC(C(=O)c2cc(Br)ccc2F)CC1. The Morgan fingerprint density at radius 1 is 1.26 bits per heavy atom. The van der Waals surface area contributed by atoms with Gasteiger partial charge in [0.25, 0.3) is 0 Å². The molecule has 23 heavy (non-hydrogen) atoms. The topological polar surface area (TPSA) is 46.6 Å². The second-order valence-electron chi connectivity index (χ2n) is 6.73. The van der Waals surface area contributed by atoms with E-state index in [-0.39, 0.29) is 23.4 Å². The molecule has 0 aromatic heterocycles. The van der Waals surface area contributed by atoms with Gasteiger partial charge < -0.3 is 9.64 Å². The third-order valence-corrected chi connectivity index (χ3v) is 4.20. The van der Waals surface area contributed by atoms with E-state index in [0.717, 1.165) is 0 Å². The number of Topliss-reactive ketones (excluding diaryl/α,β-unsaturated/α-hetero) is 1. The summed E-state index contributed by atoms with van der Waals surface area (Å²) in [4.78, 5) is 26.1. The molecule has 1 saturated heterocycles. The lowest BCUT2D eigenvalue weighted by Gasteiger charge is -2.33. The van der Waals surface area contributed by atoms with Crippen LogP contribution < -0.4 is 0 Å². The molecular formula is C17H21BrFNO3. The first-order valence-electron chi connectivity index (χ1n) is 7.64. The molecule has 1 aliphatic rings. The number of carbonyl (C=O) groups excluding carboxylic acids is 2. The maximum Gasteiger partial charge on any atom is 0.410 e. The molecule has 1 aromatic carbocycles. The van der Waals surface area contributed by atoms with Crippen LogP contribution in [0.25, 0.3) is 0 Å². The Morgan fingerprint density at radius 3 is 2.43 bits per heavy atom. The fraction of sp³-hybridized carbons (Fsp3) is 0.529. The standard InChI is InChI=1S/C17H21BrFNO3/c1-17(2,3)23-16(22)20-8-6-11(7-9-20)15(21)13-10-12(18)4-5-14(13)19/h4-5,10-11H,6-9H2,1-3H3. The van der Waals surface area contributed by atoms with Gasteiger partial charge in [-0.1, -0.05) is 15.9 Å². The van der Waals surface area contributed by atoms with Crippen LogP contribution in [0.1, 0.15) is 44.0 Å². The molecule has 0 atom stereocenters. The van der Waals surface area contributed by atoms with Gasteiger partial charge in [-0.2, -0.15) is 0 Å². The van der Waals surface area contributed by atoms with Crippen molar-refractivity contribution in [1.29, 1.82) is 0 Å². The van der Waals surface area contributed by atoms with E-state index in [1.165, 1.54) is 12.1 Å². The molecule has 0 spiro atoms. The van der Waals surface area contributed by atoms with Crippen molar-refractivity contribution in [2.45, 2.75) is 39.2 Å². The Balaban J connectivity index is 1.97. The molecular weight excluding hydrogens is 365 g/mol. The van der Waals surface area contributed by atoms with E-state index < -0.39 is 11.4 Å². The van der Waals surface area contributed by atoms with Crippen LogP contribution in [-0.2, 0) is 4.74 Å². The Hall–Kier alpha value is -1.43. The Bertz CT molecular complexity index is 604. The molecule has 0 bridgehead atoms. The fourth-order valence-corrected chi connectivity index (χ4v) is 2.92. The lowest BCUT2D eigenvalue weighted by molar-refractivity contribution is 0.0182. The Kier molecular flexibility index (Phi) is 5.45. The average molecular weight is 386 g/mol. The first kappa shape index (κ1) is 17.9. The molecule has 0 aliphatic carbocycles. The molecule has 1 aliphatic heterocycles. The molecule has 1 heterocycles. The predicted molar refractivity (Wildman–Crippen MR) is 89.0 cm³/mol. The van der Waals surface area contributed by atoms with Crippen molar-refractivity contribution in [2.75, 3.05) is 13.1 Å². The molecule has 1 amide bonds. The number of ether oxygens (including phenoxy) is 1. The van der Waals surface area contributed by atoms with Crippen molar-refractivity contribution in [2.24, 2.45) is 5.92 Å². The zero-order valence-corrected chi connectivity index (χ0v) is 15.2. The first-order chi connectivity index (χ1) is 10.7. The number of hydrogen-bond donors (Lipinski definition) is 0. The van der Waals surface area contributed by atoms with Crippen LogP contribution in [-0.4, -0.2) is 35.5 Å². The van der Waals surface area contributed by atoms with E-state index in [9.17, 15) is 14.0 Å². The normalized spacial score (nSPS) is 16.3. The highest BCUT2D eigenvalue weighted by molar-refractivity contribution is 9.10. The molecule has 1 fully saturated rings. The lowest BCUT2D eigenvalue weighted by atomic mass is 9.89. The van der Waals surface area contributed by atoms with Gasteiger partial charge in [-0.3, -0.25) is 4.79 Å². The van der Waals surface area contributed by atoms with E-state index in [4.69, 9.17) is 4.74 Å². The highest BCUT2D eigenvalue weighted by Crippen LogP contribution is 2.25. The number of piperidine rings is 1. The summed E-state index contributed by atoms with van der Waals surface area (Å²) >= 11 is 3.26. The molecule has 0 saturated carbocycles. The van der Waals surface area contributed by atoms with Crippen molar-refractivity contribution in [3.8, 4) is 0 Å². The van der Waals surface area contributed by atoms with Gasteiger partial charge in [0.05, 0.1) is 5.56 Å². The quantitative estimate of drug-likeness (QED) is 0.707. The van der Waals surface area contributed by atoms with Crippen molar-refractivity contribution >= 4 is 27.8 Å². The van der Waals surface area contributed by atoms with Crippen LogP contribution >= 0.6 is 15.9 Å². The summed E-state index contributed by atoms with van der Waals surface area (Å²) in [5, 5.41) is 0. The van der Waals surface area contributed by atoms with E-state index in [1.807, 2.05) is 20.8 Å². The van der Waals surface area contributed by atoms with Crippen molar-refractivity contribution in [3.05, 3.63) is 34.1 Å². The number of nitrogens with zero attached hydrogens (tertiary/aromatic N) is 1. The van der Waals surface area contributed by atoms with Crippen LogP contribution in [0.15, 0.2) is 22.7 Å². The van der Waals surface area contributed by atoms with Gasteiger partial charge in [-0.15, -0.1) is 0 Å². The Labute approximate surface area is 144 Å². The second kappa shape index (κ2) is 6.99. The van der Waals surface area contributed by atoms with E-state index in [2.05, 4.69) is 15.9 Å². The minimum Gasteiger partial charge on any atom is -0.444 e. The van der Waals surface area contributed by atoms with E-state index in [0.29, 0.717) is 30.4 Å². The van der Waals surface area contributed by atoms with Gasteiger partial charge in [-0.05, 0) is 51.8 Å². The zero-order valence-electron chi connectivity index (χ0n) is 13.6. The van der Waals surface area contributed by atoms with Gasteiger partial charge in [-0.25, -0.2) is 9.18 Å². The lowest BCUT2D eigenvalue weighted by Crippen LogP contribution is -2.43. The maximum atomic E-state index is 13.8. The van der Waals surface area contributed by atoms with Crippen molar-refractivity contribution in [3.63, 3.8) is 0 Å². The van der Waals surface area contributed by atoms with Crippen LogP contribution in [0, 0.1) is 11.7 Å². The molecule has 4 nitrogen and oxygen atoms in total. The number of halogens is 2. The maximum absolute atomic E-state index is 13.8. The summed E-state index contributed by atoms with van der Waals surface area (Å²) in [5.74, 6) is -0.974. The monoisotopic (exact) mass is 385 g/mol. The summed E-state index contributed by atoms with van der Waals surface area (Å²) in [6.07, 6.45) is 0.672. The van der Waals surface area contributed by atoms with E-state index >= 15 is 0 Å². The van der Waals surface area contributed by atoms with Gasteiger partial charge in [0, 0.05) is 23.5 Å². The molecule has 1 aromatic rings. The van der Waals surface area contributed by atoms with Gasteiger partial charge in [0.2, 0.25) is 0 Å². The minimum absolute atomic E-state index is 0.107. The molecule has 0 N–H and O–H groups in total. The first-order valence-corrected chi connectivity index (χ1v) is 8.44. The van der Waals surface area contributed by atoms with Gasteiger partial charge in [0.1, 0.15) is 11.4 Å². The Morgan fingerprint density at radius 2 is 1.87 bits per heavy atom. The van der Waals surface area contributed by atoms with Crippen LogP contribution in [0.3, 0.4) is 0 Å². The zero-order chi connectivity index (χ0) is 17.2. The number of rotatable bonds is 2. The smallest absolute Gasteiger partial charge is 0.410 e. The average Bonchev–Trinajstić information content (AvgIpc) is 2.47. The molecule has 2 rings (SSSR count). The summed E-state index contributed by atoms with van der Waals surface area (Å²) in [5.41, 5.74) is -0.432. The summed E-state index contributed by atoms with van der Waals surface area (Å²) in [6.45, 7) is 6.34. The fourth-order valence-electron chi connectivity index (χ4n) is 2.56. The summed E-state index contributed by atoms with van der Waals surface area (Å²) in [7, 11) is 0. The van der Waals surface area contributed by atoms with Gasteiger partial charge >= 0.3 is 6.09 Å². The molecule has 126 valence electrons. The highest BCUT2D eigenvalue weighted by atomic mass is 79.9. The number of carbonyl (C=O) groups is 2. The van der Waals surface area contributed by atoms with Crippen LogP contribution in [0.5, 0.6) is 0 Å². The predicted octanol–water partition coefficient (Wildman–Crippen LogP) is 4.42. The summed E-state index contributed by atoms with van der Waals surface area (Å²) in [6, 6.07) is 4.36. The molecule has 0 unspecified atom stereocenters. The number of hydrogen-bond acceptors (Lipinski definition) is 3. The minimum atomic E-state index is -0.538. The molecule has 6 heteroatoms. The van der Waals surface area contributed by atoms with Crippen LogP contribution in [0.4, 0.5) is 9.18 Å². The number of amides is 1. The van der Waals surface area contributed by atoms with Crippen LogP contribution in [0.2, 0.25) is 0 Å². The van der Waals surface area contributed by atoms with E-state index in [1.54, 1.807) is 11.0 Å². The number of benzene rings is 1. The summed E-state index contributed by atoms with van der Waals surface area (Å²) < 4.78 is 19.8. The largest absolute Gasteiger partial charge is 0.444 e. The third-order valence-electron chi connectivity index (χ3n) is 3.71. The number of ketones is 1. The second-order valence-corrected chi connectivity index (χ2v) is 7.65.